The standard InChI is InChI=1S/C17H23N3O2S/c1-12(21)18-13-5-4-9-20(11-13)17(22)19-15-8-10-23-16-7-3-2-6-14(15)16/h2-3,6-7,13,15H,4-5,8-11H2,1H3,(H,18,21)(H,19,22)/t13-,15-/m1/s1. The van der Waals surface area contributed by atoms with Crippen LogP contribution < -0.4 is 10.6 Å². The van der Waals surface area contributed by atoms with Gasteiger partial charge in [-0.2, -0.15) is 0 Å². The van der Waals surface area contributed by atoms with E-state index in [9.17, 15) is 9.59 Å². The molecule has 0 aromatic heterocycles. The van der Waals surface area contributed by atoms with E-state index in [1.54, 1.807) is 0 Å². The molecule has 1 saturated heterocycles. The Labute approximate surface area is 141 Å². The Morgan fingerprint density at radius 1 is 1.22 bits per heavy atom. The molecule has 0 unspecified atom stereocenters. The molecule has 0 aliphatic carbocycles. The predicted octanol–water partition coefficient (Wildman–Crippen LogP) is 2.53. The summed E-state index contributed by atoms with van der Waals surface area (Å²) in [5.41, 5.74) is 1.22. The summed E-state index contributed by atoms with van der Waals surface area (Å²) in [6.07, 6.45) is 2.82. The smallest absolute Gasteiger partial charge is 0.317 e. The molecule has 0 saturated carbocycles. The van der Waals surface area contributed by atoms with Crippen molar-refractivity contribution in [1.29, 1.82) is 0 Å². The van der Waals surface area contributed by atoms with Gasteiger partial charge in [0.25, 0.3) is 0 Å². The molecule has 3 rings (SSSR count). The molecule has 0 spiro atoms. The summed E-state index contributed by atoms with van der Waals surface area (Å²) in [5.74, 6) is 0.992. The van der Waals surface area contributed by atoms with E-state index in [1.807, 2.05) is 28.8 Å². The third-order valence-electron chi connectivity index (χ3n) is 4.37. The first-order valence-corrected chi connectivity index (χ1v) is 9.16. The highest BCUT2D eigenvalue weighted by atomic mass is 32.2. The van der Waals surface area contributed by atoms with Crippen LogP contribution in [0.5, 0.6) is 0 Å². The summed E-state index contributed by atoms with van der Waals surface area (Å²) in [5, 5.41) is 6.10. The Bertz CT molecular complexity index is 593. The van der Waals surface area contributed by atoms with Crippen molar-refractivity contribution in [3.63, 3.8) is 0 Å². The normalized spacial score (nSPS) is 23.8. The van der Waals surface area contributed by atoms with Crippen LogP contribution in [0.2, 0.25) is 0 Å². The van der Waals surface area contributed by atoms with Gasteiger partial charge in [-0.3, -0.25) is 4.79 Å². The highest BCUT2D eigenvalue weighted by Crippen LogP contribution is 2.35. The van der Waals surface area contributed by atoms with E-state index in [0.717, 1.165) is 31.6 Å². The maximum Gasteiger partial charge on any atom is 0.317 e. The average Bonchev–Trinajstić information content (AvgIpc) is 2.55. The number of piperidine rings is 1. The molecular weight excluding hydrogens is 310 g/mol. The first-order chi connectivity index (χ1) is 11.1. The van der Waals surface area contributed by atoms with E-state index in [0.29, 0.717) is 6.54 Å². The molecule has 1 aromatic rings. The highest BCUT2D eigenvalue weighted by molar-refractivity contribution is 7.99. The number of hydrogen-bond acceptors (Lipinski definition) is 3. The third kappa shape index (κ3) is 3.99. The number of thioether (sulfide) groups is 1. The van der Waals surface area contributed by atoms with Gasteiger partial charge < -0.3 is 15.5 Å². The zero-order chi connectivity index (χ0) is 16.2. The van der Waals surface area contributed by atoms with Gasteiger partial charge in [-0.25, -0.2) is 4.79 Å². The Morgan fingerprint density at radius 3 is 2.87 bits per heavy atom. The lowest BCUT2D eigenvalue weighted by atomic mass is 10.0. The number of urea groups is 1. The zero-order valence-electron chi connectivity index (χ0n) is 13.4. The van der Waals surface area contributed by atoms with Crippen molar-refractivity contribution in [1.82, 2.24) is 15.5 Å². The minimum absolute atomic E-state index is 0.0215. The molecule has 0 bridgehead atoms. The molecule has 23 heavy (non-hydrogen) atoms. The number of carbonyl (C=O) groups is 2. The van der Waals surface area contributed by atoms with Crippen LogP contribution in [0.25, 0.3) is 0 Å². The van der Waals surface area contributed by atoms with Gasteiger partial charge in [0.1, 0.15) is 0 Å². The third-order valence-corrected chi connectivity index (χ3v) is 5.49. The van der Waals surface area contributed by atoms with Gasteiger partial charge in [0.15, 0.2) is 0 Å². The summed E-state index contributed by atoms with van der Waals surface area (Å²) in [7, 11) is 0. The van der Waals surface area contributed by atoms with Gasteiger partial charge in [-0.1, -0.05) is 18.2 Å². The molecule has 0 radical (unpaired) electrons. The topological polar surface area (TPSA) is 61.4 Å². The molecule has 1 aromatic carbocycles. The summed E-state index contributed by atoms with van der Waals surface area (Å²) in [6.45, 7) is 2.87. The van der Waals surface area contributed by atoms with E-state index < -0.39 is 0 Å². The Hall–Kier alpha value is -1.69. The summed E-state index contributed by atoms with van der Waals surface area (Å²) < 4.78 is 0. The fourth-order valence-corrected chi connectivity index (χ4v) is 4.42. The molecule has 3 amide bonds. The van der Waals surface area contributed by atoms with E-state index in [2.05, 4.69) is 22.8 Å². The first kappa shape index (κ1) is 16.2. The molecular formula is C17H23N3O2S. The van der Waals surface area contributed by atoms with Gasteiger partial charge in [-0.15, -0.1) is 11.8 Å². The number of carbonyl (C=O) groups excluding carboxylic acids is 2. The van der Waals surface area contributed by atoms with Crippen molar-refractivity contribution in [3.8, 4) is 0 Å². The average molecular weight is 333 g/mol. The van der Waals surface area contributed by atoms with Crippen molar-refractivity contribution < 1.29 is 9.59 Å². The SMILES string of the molecule is CC(=O)N[C@@H]1CCCN(C(=O)N[C@@H]2CCSc3ccccc32)C1. The Morgan fingerprint density at radius 2 is 2.04 bits per heavy atom. The zero-order valence-corrected chi connectivity index (χ0v) is 14.2. The van der Waals surface area contributed by atoms with Crippen LogP contribution in [0.4, 0.5) is 4.79 Å². The van der Waals surface area contributed by atoms with Gasteiger partial charge >= 0.3 is 6.03 Å². The minimum Gasteiger partial charge on any atom is -0.352 e. The van der Waals surface area contributed by atoms with Crippen LogP contribution in [0.1, 0.15) is 37.8 Å². The molecule has 6 heteroatoms. The molecule has 2 N–H and O–H groups in total. The monoisotopic (exact) mass is 333 g/mol. The van der Waals surface area contributed by atoms with Crippen molar-refractivity contribution >= 4 is 23.7 Å². The number of amides is 3. The second-order valence-electron chi connectivity index (χ2n) is 6.16. The lowest BCUT2D eigenvalue weighted by Gasteiger charge is -2.35. The number of rotatable bonds is 2. The molecule has 124 valence electrons. The van der Waals surface area contributed by atoms with E-state index in [4.69, 9.17) is 0 Å². The first-order valence-electron chi connectivity index (χ1n) is 8.18. The second kappa shape index (κ2) is 7.25. The van der Waals surface area contributed by atoms with Crippen LogP contribution in [0, 0.1) is 0 Å². The predicted molar refractivity (Wildman–Crippen MR) is 91.5 cm³/mol. The number of hydrogen-bond donors (Lipinski definition) is 2. The van der Waals surface area contributed by atoms with Gasteiger partial charge in [0, 0.05) is 36.7 Å². The van der Waals surface area contributed by atoms with Crippen molar-refractivity contribution in [2.75, 3.05) is 18.8 Å². The van der Waals surface area contributed by atoms with Crippen LogP contribution in [0.15, 0.2) is 29.2 Å². The number of benzene rings is 1. The van der Waals surface area contributed by atoms with Crippen molar-refractivity contribution in [3.05, 3.63) is 29.8 Å². The van der Waals surface area contributed by atoms with Crippen LogP contribution in [-0.4, -0.2) is 41.7 Å². The molecule has 1 fully saturated rings. The Balaban J connectivity index is 1.62. The summed E-state index contributed by atoms with van der Waals surface area (Å²) in [6, 6.07) is 8.42. The quantitative estimate of drug-likeness (QED) is 0.874. The molecule has 2 aliphatic rings. The van der Waals surface area contributed by atoms with E-state index in [1.165, 1.54) is 17.4 Å². The summed E-state index contributed by atoms with van der Waals surface area (Å²) in [4.78, 5) is 26.9. The van der Waals surface area contributed by atoms with E-state index >= 15 is 0 Å². The van der Waals surface area contributed by atoms with Crippen LogP contribution in [-0.2, 0) is 4.79 Å². The molecule has 5 nitrogen and oxygen atoms in total. The lowest BCUT2D eigenvalue weighted by molar-refractivity contribution is -0.119. The van der Waals surface area contributed by atoms with Crippen molar-refractivity contribution in [2.45, 2.75) is 43.2 Å². The fourth-order valence-electron chi connectivity index (χ4n) is 3.30. The number of likely N-dealkylation sites (tertiary alicyclic amines) is 1. The Kier molecular flexibility index (Phi) is 5.10. The van der Waals surface area contributed by atoms with Gasteiger partial charge in [-0.05, 0) is 30.9 Å². The maximum atomic E-state index is 12.6. The largest absolute Gasteiger partial charge is 0.352 e. The minimum atomic E-state index is -0.0320. The van der Waals surface area contributed by atoms with Crippen molar-refractivity contribution in [2.24, 2.45) is 0 Å². The number of fused-ring (bicyclic) bond motifs is 1. The number of nitrogens with one attached hydrogen (secondary N) is 2. The highest BCUT2D eigenvalue weighted by Gasteiger charge is 2.27. The molecule has 2 aliphatic heterocycles. The van der Waals surface area contributed by atoms with Crippen LogP contribution >= 0.6 is 11.8 Å². The number of nitrogens with zero attached hydrogens (tertiary/aromatic N) is 1. The van der Waals surface area contributed by atoms with Gasteiger partial charge in [0.05, 0.1) is 6.04 Å². The molecule has 2 atom stereocenters. The second-order valence-corrected chi connectivity index (χ2v) is 7.30. The van der Waals surface area contributed by atoms with Gasteiger partial charge in [0.2, 0.25) is 5.91 Å². The molecule has 2 heterocycles. The summed E-state index contributed by atoms with van der Waals surface area (Å²) >= 11 is 1.85. The van der Waals surface area contributed by atoms with Crippen LogP contribution in [0.3, 0.4) is 0 Å². The lowest BCUT2D eigenvalue weighted by Crippen LogP contribution is -2.52. The maximum absolute atomic E-state index is 12.6. The van der Waals surface area contributed by atoms with E-state index in [-0.39, 0.29) is 24.0 Å². The fraction of sp³-hybridized carbons (Fsp3) is 0.529.